The molecule has 30 heavy (non-hydrogen) atoms. The van der Waals surface area contributed by atoms with E-state index < -0.39 is 6.09 Å². The molecule has 158 valence electrons. The van der Waals surface area contributed by atoms with Gasteiger partial charge in [0.25, 0.3) is 0 Å². The Kier molecular flexibility index (Phi) is 7.64. The quantitative estimate of drug-likeness (QED) is 0.472. The molecule has 0 fully saturated rings. The van der Waals surface area contributed by atoms with Gasteiger partial charge in [-0.25, -0.2) is 9.78 Å². The molecular formula is C21H22Cl2N4O2S. The molecule has 0 aliphatic heterocycles. The van der Waals surface area contributed by atoms with Gasteiger partial charge < -0.3 is 15.0 Å². The Bertz CT molecular complexity index is 1010. The minimum absolute atomic E-state index is 0.160. The summed E-state index contributed by atoms with van der Waals surface area (Å²) in [4.78, 5) is 20.9. The lowest BCUT2D eigenvalue weighted by atomic mass is 10.1. The Hall–Kier alpha value is -2.22. The zero-order valence-electron chi connectivity index (χ0n) is 16.6. The van der Waals surface area contributed by atoms with Crippen LogP contribution in [0.5, 0.6) is 0 Å². The maximum absolute atomic E-state index is 11.0. The number of ether oxygens (including phenoxy) is 1. The Morgan fingerprint density at radius 1 is 1.20 bits per heavy atom. The van der Waals surface area contributed by atoms with Gasteiger partial charge in [0.1, 0.15) is 17.5 Å². The van der Waals surface area contributed by atoms with Gasteiger partial charge in [0.2, 0.25) is 0 Å². The number of nitrogens with zero attached hydrogens (tertiary/aromatic N) is 3. The molecule has 0 spiro atoms. The molecule has 6 nitrogen and oxygen atoms in total. The zero-order chi connectivity index (χ0) is 21.7. The number of imidazole rings is 1. The lowest BCUT2D eigenvalue weighted by molar-refractivity contribution is 0.157. The first-order valence-corrected chi connectivity index (χ1v) is 10.9. The van der Waals surface area contributed by atoms with Crippen LogP contribution >= 0.6 is 35.0 Å². The smallest absolute Gasteiger partial charge is 0.404 e. The average molecular weight is 465 g/mol. The molecular weight excluding hydrogens is 443 g/mol. The van der Waals surface area contributed by atoms with Crippen molar-refractivity contribution in [2.45, 2.75) is 42.7 Å². The number of pyridine rings is 1. The highest BCUT2D eigenvalue weighted by molar-refractivity contribution is 7.99. The van der Waals surface area contributed by atoms with Crippen LogP contribution in [0.25, 0.3) is 0 Å². The summed E-state index contributed by atoms with van der Waals surface area (Å²) in [7, 11) is 0. The Labute approximate surface area is 189 Å². The number of carbonyl (C=O) groups excluding carboxylic acids is 1. The summed E-state index contributed by atoms with van der Waals surface area (Å²) in [5.41, 5.74) is 7.15. The number of halogens is 2. The summed E-state index contributed by atoms with van der Waals surface area (Å²) >= 11 is 14.0. The fourth-order valence-corrected chi connectivity index (χ4v) is 4.87. The number of primary amides is 1. The van der Waals surface area contributed by atoms with Crippen molar-refractivity contribution in [2.75, 3.05) is 6.61 Å². The lowest BCUT2D eigenvalue weighted by Gasteiger charge is -2.14. The lowest BCUT2D eigenvalue weighted by Crippen LogP contribution is -2.16. The molecule has 9 heteroatoms. The molecule has 0 aliphatic carbocycles. The van der Waals surface area contributed by atoms with Crippen molar-refractivity contribution < 1.29 is 9.53 Å². The molecule has 3 rings (SSSR count). The number of nitrogens with two attached hydrogens (primary N) is 1. The highest BCUT2D eigenvalue weighted by Gasteiger charge is 2.21. The number of benzene rings is 1. The summed E-state index contributed by atoms with van der Waals surface area (Å²) in [6.07, 6.45) is 3.17. The van der Waals surface area contributed by atoms with Gasteiger partial charge in [-0.15, -0.1) is 0 Å². The molecule has 1 aromatic carbocycles. The number of hydrogen-bond acceptors (Lipinski definition) is 5. The number of carbonyl (C=O) groups is 1. The SMILES string of the molecule is CC(C)c1nc(CCOC(N)=O)n(Cc2ccncc2)c1Sc1cc(Cl)cc(Cl)c1. The summed E-state index contributed by atoms with van der Waals surface area (Å²) in [5, 5.41) is 2.15. The van der Waals surface area contributed by atoms with E-state index in [4.69, 9.17) is 38.7 Å². The third kappa shape index (κ3) is 5.90. The van der Waals surface area contributed by atoms with Crippen LogP contribution in [0.1, 0.15) is 36.8 Å². The molecule has 1 amide bonds. The fraction of sp³-hybridized carbons (Fsp3) is 0.286. The Balaban J connectivity index is 2.03. The van der Waals surface area contributed by atoms with E-state index in [9.17, 15) is 4.79 Å². The van der Waals surface area contributed by atoms with E-state index in [1.807, 2.05) is 24.3 Å². The minimum atomic E-state index is -0.797. The van der Waals surface area contributed by atoms with Crippen LogP contribution in [0.15, 0.2) is 52.6 Å². The maximum Gasteiger partial charge on any atom is 0.404 e. The van der Waals surface area contributed by atoms with Crippen molar-refractivity contribution in [2.24, 2.45) is 5.73 Å². The van der Waals surface area contributed by atoms with Crippen molar-refractivity contribution in [1.82, 2.24) is 14.5 Å². The molecule has 0 radical (unpaired) electrons. The number of rotatable bonds is 8. The normalized spacial score (nSPS) is 11.1. The van der Waals surface area contributed by atoms with Gasteiger partial charge in [0.05, 0.1) is 5.69 Å². The highest BCUT2D eigenvalue weighted by atomic mass is 35.5. The van der Waals surface area contributed by atoms with Crippen LogP contribution in [-0.4, -0.2) is 27.2 Å². The van der Waals surface area contributed by atoms with E-state index in [1.54, 1.807) is 30.2 Å². The molecule has 2 heterocycles. The van der Waals surface area contributed by atoms with Crippen molar-refractivity contribution in [3.05, 3.63) is 69.9 Å². The van der Waals surface area contributed by atoms with E-state index in [0.29, 0.717) is 23.0 Å². The van der Waals surface area contributed by atoms with Crippen LogP contribution in [0, 0.1) is 0 Å². The van der Waals surface area contributed by atoms with E-state index in [-0.39, 0.29) is 12.5 Å². The first-order chi connectivity index (χ1) is 14.3. The number of aromatic nitrogens is 3. The van der Waals surface area contributed by atoms with Crippen molar-refractivity contribution in [1.29, 1.82) is 0 Å². The fourth-order valence-electron chi connectivity index (χ4n) is 2.95. The predicted octanol–water partition coefficient (Wildman–Crippen LogP) is 5.55. The molecule has 0 saturated carbocycles. The minimum Gasteiger partial charge on any atom is -0.449 e. The standard InChI is InChI=1S/C21H22Cl2N4O2S/c1-13(2)19-20(30-17-10-15(22)9-16(23)11-17)27(12-14-3-6-25-7-4-14)18(26-19)5-8-29-21(24)28/h3-4,6-7,9-11,13H,5,8,12H2,1-2H3,(H2,24,28). The topological polar surface area (TPSA) is 83.0 Å². The highest BCUT2D eigenvalue weighted by Crippen LogP contribution is 2.37. The Morgan fingerprint density at radius 2 is 1.87 bits per heavy atom. The zero-order valence-corrected chi connectivity index (χ0v) is 19.0. The van der Waals surface area contributed by atoms with Gasteiger partial charge in [0, 0.05) is 40.3 Å². The van der Waals surface area contributed by atoms with Gasteiger partial charge >= 0.3 is 6.09 Å². The summed E-state index contributed by atoms with van der Waals surface area (Å²) in [5.74, 6) is 1.00. The first-order valence-electron chi connectivity index (χ1n) is 9.38. The molecule has 0 bridgehead atoms. The molecule has 3 aromatic rings. The van der Waals surface area contributed by atoms with Gasteiger partial charge in [-0.3, -0.25) is 4.98 Å². The van der Waals surface area contributed by atoms with E-state index >= 15 is 0 Å². The maximum atomic E-state index is 11.0. The van der Waals surface area contributed by atoms with E-state index in [0.717, 1.165) is 27.0 Å². The molecule has 2 aromatic heterocycles. The van der Waals surface area contributed by atoms with Gasteiger partial charge in [-0.05, 0) is 41.8 Å². The van der Waals surface area contributed by atoms with Crippen molar-refractivity contribution >= 4 is 41.1 Å². The average Bonchev–Trinajstić information content (AvgIpc) is 2.99. The summed E-state index contributed by atoms with van der Waals surface area (Å²) in [6.45, 7) is 4.95. The van der Waals surface area contributed by atoms with Crippen LogP contribution in [0.4, 0.5) is 4.79 Å². The second kappa shape index (κ2) is 10.2. The Morgan fingerprint density at radius 3 is 2.47 bits per heavy atom. The molecule has 0 unspecified atom stereocenters. The van der Waals surface area contributed by atoms with Crippen LogP contribution in [-0.2, 0) is 17.7 Å². The van der Waals surface area contributed by atoms with Crippen LogP contribution < -0.4 is 5.73 Å². The molecule has 2 N–H and O–H groups in total. The van der Waals surface area contributed by atoms with Crippen molar-refractivity contribution in [3.63, 3.8) is 0 Å². The molecule has 0 saturated heterocycles. The van der Waals surface area contributed by atoms with Crippen LogP contribution in [0.2, 0.25) is 10.0 Å². The van der Waals surface area contributed by atoms with Gasteiger partial charge in [-0.2, -0.15) is 0 Å². The predicted molar refractivity (Wildman–Crippen MR) is 119 cm³/mol. The van der Waals surface area contributed by atoms with Crippen LogP contribution in [0.3, 0.4) is 0 Å². The number of amides is 1. The molecule has 0 aliphatic rings. The first kappa shape index (κ1) is 22.5. The van der Waals surface area contributed by atoms with Crippen molar-refractivity contribution in [3.8, 4) is 0 Å². The molecule has 0 atom stereocenters. The second-order valence-corrected chi connectivity index (χ2v) is 8.87. The van der Waals surface area contributed by atoms with E-state index in [2.05, 4.69) is 23.4 Å². The van der Waals surface area contributed by atoms with E-state index in [1.165, 1.54) is 0 Å². The summed E-state index contributed by atoms with van der Waals surface area (Å²) < 4.78 is 7.08. The second-order valence-electron chi connectivity index (χ2n) is 6.94. The largest absolute Gasteiger partial charge is 0.449 e. The summed E-state index contributed by atoms with van der Waals surface area (Å²) in [6, 6.07) is 9.38. The third-order valence-electron chi connectivity index (χ3n) is 4.28. The number of hydrogen-bond donors (Lipinski definition) is 1. The third-order valence-corrected chi connectivity index (χ3v) is 5.81. The monoisotopic (exact) mass is 464 g/mol. The van der Waals surface area contributed by atoms with Gasteiger partial charge in [-0.1, -0.05) is 48.8 Å². The van der Waals surface area contributed by atoms with Gasteiger partial charge in [0.15, 0.2) is 0 Å².